The molecule has 3 aliphatic heterocycles. The summed E-state index contributed by atoms with van der Waals surface area (Å²) in [7, 11) is 0. The highest BCUT2D eigenvalue weighted by Gasteiger charge is 2.55. The highest BCUT2D eigenvalue weighted by atomic mass is 16.8. The second kappa shape index (κ2) is 38.5. The highest BCUT2D eigenvalue weighted by Crippen LogP contribution is 2.34. The lowest BCUT2D eigenvalue weighted by Gasteiger charge is -2.50. The zero-order chi connectivity index (χ0) is 55.8. The zero-order valence-electron chi connectivity index (χ0n) is 43.7. The number of aliphatic hydroxyl groups excluding tert-OH is 8. The highest BCUT2D eigenvalue weighted by molar-refractivity contribution is 5.73. The van der Waals surface area contributed by atoms with Crippen LogP contribution in [0.4, 0.5) is 5.69 Å². The molecule has 77 heavy (non-hydrogen) atoms. The number of anilines is 1. The number of amides is 2. The van der Waals surface area contributed by atoms with Crippen LogP contribution in [0.3, 0.4) is 0 Å². The molecule has 1 aromatic carbocycles. The van der Waals surface area contributed by atoms with Crippen molar-refractivity contribution >= 4 is 17.5 Å². The summed E-state index contributed by atoms with van der Waals surface area (Å²) >= 11 is 0. The molecule has 1 aromatic rings. The summed E-state index contributed by atoms with van der Waals surface area (Å²) in [6.45, 7) is 4.55. The van der Waals surface area contributed by atoms with Gasteiger partial charge in [0.25, 0.3) is 0 Å². The van der Waals surface area contributed by atoms with E-state index in [1.54, 1.807) is 12.1 Å². The smallest absolute Gasteiger partial charge is 0.223 e. The molecule has 3 saturated heterocycles. The Morgan fingerprint density at radius 1 is 0.468 bits per heavy atom. The lowest BCUT2D eigenvalue weighted by Crippen LogP contribution is -2.70. The van der Waals surface area contributed by atoms with Crippen molar-refractivity contribution in [3.8, 4) is 5.75 Å². The second-order valence-electron chi connectivity index (χ2n) is 17.6. The van der Waals surface area contributed by atoms with Gasteiger partial charge in [-0.05, 0) is 24.3 Å². The standard InChI is InChI=1S/C48H83N3O26/c1-30(56)50-37-40(59)43(34(27-54)73-46(37)72-33-5-3-32(49)4-6-33)76-47-38(51-31(2)57)41(60)44(35(28-55)74-47)77-48-42(61)45(71-26-25-69-22-21-67-18-16-65-14-12-63-10-8-53)39(58)36(75-48)29-70-24-23-68-20-19-66-17-15-64-13-11-62-9-7-52/h3-6,34-48,52-55,58-61H,7-29,49H2,1-2H3,(H,50,56)(H,51,57)/t34-,35-,36-,37-,38-,39-,40-,41-,42+,43-,44-,45+,46-,47+,48+/m1/s1. The van der Waals surface area contributed by atoms with Gasteiger partial charge >= 0.3 is 0 Å². The summed E-state index contributed by atoms with van der Waals surface area (Å²) in [4.78, 5) is 25.0. The monoisotopic (exact) mass is 1120 g/mol. The molecule has 0 radical (unpaired) electrons. The van der Waals surface area contributed by atoms with Gasteiger partial charge in [-0.1, -0.05) is 0 Å². The van der Waals surface area contributed by atoms with Crippen LogP contribution >= 0.6 is 0 Å². The first-order valence-electron chi connectivity index (χ1n) is 25.6. The molecule has 0 bridgehead atoms. The normalized spacial score (nSPS) is 29.6. The molecule has 0 spiro atoms. The Morgan fingerprint density at radius 2 is 0.844 bits per heavy atom. The summed E-state index contributed by atoms with van der Waals surface area (Å²) in [5.41, 5.74) is 6.25. The molecule has 29 heteroatoms. The Balaban J connectivity index is 1.39. The Kier molecular flexibility index (Phi) is 33.2. The van der Waals surface area contributed by atoms with Crippen molar-refractivity contribution < 1.29 is 126 Å². The van der Waals surface area contributed by atoms with Crippen molar-refractivity contribution in [2.75, 3.05) is 158 Å². The number of aliphatic hydroxyl groups is 8. The van der Waals surface area contributed by atoms with Crippen LogP contribution in [0.15, 0.2) is 24.3 Å². The number of rotatable bonds is 41. The summed E-state index contributed by atoms with van der Waals surface area (Å²) in [5.74, 6) is -1.01. The first-order valence-corrected chi connectivity index (χ1v) is 25.6. The molecule has 3 heterocycles. The number of carbonyl (C=O) groups is 2. The number of hydrogen-bond acceptors (Lipinski definition) is 27. The van der Waals surface area contributed by atoms with Crippen LogP contribution in [0.25, 0.3) is 0 Å². The lowest BCUT2D eigenvalue weighted by molar-refractivity contribution is -0.362. The number of carbonyl (C=O) groups excluding carboxylic acids is 2. The molecule has 0 unspecified atom stereocenters. The molecule has 3 fully saturated rings. The van der Waals surface area contributed by atoms with E-state index in [1.165, 1.54) is 19.1 Å². The number of nitrogen functional groups attached to an aromatic ring is 1. The lowest BCUT2D eigenvalue weighted by atomic mass is 9.94. The van der Waals surface area contributed by atoms with Gasteiger partial charge in [0, 0.05) is 19.5 Å². The molecular formula is C48H83N3O26. The van der Waals surface area contributed by atoms with Crippen molar-refractivity contribution in [3.05, 3.63) is 24.3 Å². The number of nitrogens with one attached hydrogen (secondary N) is 2. The number of nitrogens with two attached hydrogens (primary N) is 1. The average molecular weight is 1120 g/mol. The van der Waals surface area contributed by atoms with Crippen molar-refractivity contribution in [2.45, 2.75) is 106 Å². The van der Waals surface area contributed by atoms with E-state index in [2.05, 4.69) is 10.6 Å². The Labute approximate surface area is 447 Å². The van der Waals surface area contributed by atoms with Gasteiger partial charge in [0.2, 0.25) is 18.1 Å². The molecule has 4 rings (SSSR count). The van der Waals surface area contributed by atoms with Crippen LogP contribution in [-0.4, -0.2) is 297 Å². The molecule has 3 aliphatic rings. The Morgan fingerprint density at radius 3 is 1.27 bits per heavy atom. The molecule has 29 nitrogen and oxygen atoms in total. The SMILES string of the molecule is CC(=O)N[C@H]1[C@H](O[C@H]2[C@H](O)[C@@H](NC(C)=O)[C@H](Oc3ccc(N)cc3)O[C@@H]2CO)O[C@H](CO)[C@@H](O[C@@H]2O[C@H](COCCOCCOCCOCCOCCO)[C@@H](O)[C@H](OCCOCCOCCOCCOCCO)[C@@H]2O)[C@@H]1O. The molecule has 0 saturated carbocycles. The second-order valence-corrected chi connectivity index (χ2v) is 17.6. The van der Waals surface area contributed by atoms with Crippen LogP contribution in [0.5, 0.6) is 5.75 Å². The van der Waals surface area contributed by atoms with E-state index < -0.39 is 117 Å². The predicted octanol–water partition coefficient (Wildman–Crippen LogP) is -5.45. The summed E-state index contributed by atoms with van der Waals surface area (Å²) in [6, 6.07) is 3.34. The first kappa shape index (κ1) is 66.4. The van der Waals surface area contributed by atoms with Gasteiger partial charge in [-0.3, -0.25) is 9.59 Å². The minimum Gasteiger partial charge on any atom is -0.463 e. The van der Waals surface area contributed by atoms with Crippen molar-refractivity contribution in [1.82, 2.24) is 10.6 Å². The predicted molar refractivity (Wildman–Crippen MR) is 262 cm³/mol. The molecule has 0 aliphatic carbocycles. The minimum absolute atomic E-state index is 0.0151. The fourth-order valence-electron chi connectivity index (χ4n) is 8.02. The first-order chi connectivity index (χ1) is 37.3. The van der Waals surface area contributed by atoms with E-state index in [4.69, 9.17) is 91.7 Å². The fraction of sp³-hybridized carbons (Fsp3) is 0.833. The van der Waals surface area contributed by atoms with Gasteiger partial charge in [0.15, 0.2) is 12.6 Å². The van der Waals surface area contributed by atoms with Gasteiger partial charge in [0.1, 0.15) is 78.9 Å². The van der Waals surface area contributed by atoms with E-state index >= 15 is 0 Å². The summed E-state index contributed by atoms with van der Waals surface area (Å²) in [6.07, 6.45) is -20.1. The number of ether oxygens (including phenoxy) is 16. The molecular weight excluding hydrogens is 1030 g/mol. The summed E-state index contributed by atoms with van der Waals surface area (Å²) in [5, 5.41) is 90.7. The fourth-order valence-corrected chi connectivity index (χ4v) is 8.02. The van der Waals surface area contributed by atoms with Crippen molar-refractivity contribution in [1.29, 1.82) is 0 Å². The minimum atomic E-state index is -1.81. The van der Waals surface area contributed by atoms with E-state index in [1.807, 2.05) is 0 Å². The van der Waals surface area contributed by atoms with Crippen LogP contribution < -0.4 is 21.1 Å². The quantitative estimate of drug-likeness (QED) is 0.0215. The van der Waals surface area contributed by atoms with Gasteiger partial charge in [-0.25, -0.2) is 0 Å². The van der Waals surface area contributed by atoms with Gasteiger partial charge in [-0.15, -0.1) is 0 Å². The molecule has 15 atom stereocenters. The molecule has 2 amide bonds. The van der Waals surface area contributed by atoms with Crippen molar-refractivity contribution in [3.63, 3.8) is 0 Å². The van der Waals surface area contributed by atoms with Crippen LogP contribution in [0, 0.1) is 0 Å². The molecule has 446 valence electrons. The van der Waals surface area contributed by atoms with Crippen LogP contribution in [-0.2, 0) is 80.6 Å². The third-order valence-corrected chi connectivity index (χ3v) is 11.7. The molecule has 0 aromatic heterocycles. The van der Waals surface area contributed by atoms with Gasteiger partial charge < -0.3 is 133 Å². The topological polar surface area (TPSA) is 394 Å². The maximum atomic E-state index is 12.7. The van der Waals surface area contributed by atoms with Crippen molar-refractivity contribution in [2.24, 2.45) is 0 Å². The molecule has 12 N–H and O–H groups in total. The number of benzene rings is 1. The van der Waals surface area contributed by atoms with Gasteiger partial charge in [0.05, 0.1) is 152 Å². The Hall–Kier alpha value is -3.16. The van der Waals surface area contributed by atoms with Crippen LogP contribution in [0.1, 0.15) is 13.8 Å². The Bertz CT molecular complexity index is 1700. The van der Waals surface area contributed by atoms with E-state index in [9.17, 15) is 40.2 Å². The van der Waals surface area contributed by atoms with E-state index in [0.717, 1.165) is 6.92 Å². The maximum Gasteiger partial charge on any atom is 0.223 e. The average Bonchev–Trinajstić information content (AvgIpc) is 3.41. The van der Waals surface area contributed by atoms with Crippen LogP contribution in [0.2, 0.25) is 0 Å². The third kappa shape index (κ3) is 23.8. The zero-order valence-corrected chi connectivity index (χ0v) is 43.7. The van der Waals surface area contributed by atoms with Gasteiger partial charge in [-0.2, -0.15) is 0 Å². The third-order valence-electron chi connectivity index (χ3n) is 11.7. The maximum absolute atomic E-state index is 12.7. The van der Waals surface area contributed by atoms with E-state index in [-0.39, 0.29) is 91.6 Å². The summed E-state index contributed by atoms with van der Waals surface area (Å²) < 4.78 is 91.4. The van der Waals surface area contributed by atoms with E-state index in [0.29, 0.717) is 58.5 Å². The largest absolute Gasteiger partial charge is 0.463 e. The number of hydrogen-bond donors (Lipinski definition) is 11.